The summed E-state index contributed by atoms with van der Waals surface area (Å²) in [7, 11) is 0. The Hall–Kier alpha value is -1.67. The molecule has 0 aliphatic carbocycles. The van der Waals surface area contributed by atoms with Crippen LogP contribution in [-0.2, 0) is 0 Å². The van der Waals surface area contributed by atoms with Crippen molar-refractivity contribution in [1.29, 1.82) is 0 Å². The Morgan fingerprint density at radius 1 is 1.05 bits per heavy atom. The molecule has 0 unspecified atom stereocenters. The summed E-state index contributed by atoms with van der Waals surface area (Å²) in [6, 6.07) is 19.0. The van der Waals surface area contributed by atoms with Crippen LogP contribution in [-0.4, -0.2) is 19.2 Å². The van der Waals surface area contributed by atoms with Gasteiger partial charge < -0.3 is 9.64 Å². The van der Waals surface area contributed by atoms with Gasteiger partial charge >= 0.3 is 0 Å². The smallest absolute Gasteiger partial charge is 0.119 e. The second kappa shape index (κ2) is 6.19. The Labute approximate surface area is 124 Å². The van der Waals surface area contributed by atoms with E-state index in [9.17, 15) is 0 Å². The number of ether oxygens (including phenoxy) is 1. The molecular formula is C17H17ClNO. The van der Waals surface area contributed by atoms with Gasteiger partial charge in [0.15, 0.2) is 0 Å². The molecule has 1 radical (unpaired) electrons. The highest BCUT2D eigenvalue weighted by atomic mass is 35.5. The van der Waals surface area contributed by atoms with Gasteiger partial charge in [-0.15, -0.1) is 0 Å². The highest BCUT2D eigenvalue weighted by Crippen LogP contribution is 2.23. The highest BCUT2D eigenvalue weighted by Gasteiger charge is 2.20. The number of piperidine rings is 1. The minimum absolute atomic E-state index is 0.288. The van der Waals surface area contributed by atoms with Crippen molar-refractivity contribution in [3.8, 4) is 5.75 Å². The van der Waals surface area contributed by atoms with E-state index in [2.05, 4.69) is 23.1 Å². The maximum absolute atomic E-state index is 6.00. The SMILES string of the molecule is Clc1ccc(OC2CCN(c3[c]cccc3)CC2)cc1. The van der Waals surface area contributed by atoms with Crippen molar-refractivity contribution >= 4 is 17.3 Å². The molecule has 103 valence electrons. The highest BCUT2D eigenvalue weighted by molar-refractivity contribution is 6.30. The summed E-state index contributed by atoms with van der Waals surface area (Å²) in [5.41, 5.74) is 1.18. The van der Waals surface area contributed by atoms with Gasteiger partial charge in [-0.2, -0.15) is 0 Å². The maximum atomic E-state index is 6.00. The summed E-state index contributed by atoms with van der Waals surface area (Å²) in [5.74, 6) is 0.902. The van der Waals surface area contributed by atoms with Crippen molar-refractivity contribution in [2.45, 2.75) is 18.9 Å². The molecule has 3 heteroatoms. The van der Waals surface area contributed by atoms with E-state index in [0.29, 0.717) is 0 Å². The fraction of sp³-hybridized carbons (Fsp3) is 0.294. The normalized spacial score (nSPS) is 16.1. The molecule has 1 saturated heterocycles. The molecule has 2 aromatic rings. The molecule has 1 aliphatic heterocycles. The first-order valence-electron chi connectivity index (χ1n) is 6.95. The van der Waals surface area contributed by atoms with Gasteiger partial charge in [-0.3, -0.25) is 0 Å². The van der Waals surface area contributed by atoms with Crippen LogP contribution < -0.4 is 9.64 Å². The molecule has 0 atom stereocenters. The van der Waals surface area contributed by atoms with E-state index in [4.69, 9.17) is 16.3 Å². The average molecular weight is 287 g/mol. The third-order valence-electron chi connectivity index (χ3n) is 3.59. The van der Waals surface area contributed by atoms with Crippen molar-refractivity contribution in [3.63, 3.8) is 0 Å². The fourth-order valence-electron chi connectivity index (χ4n) is 2.50. The van der Waals surface area contributed by atoms with E-state index >= 15 is 0 Å². The number of para-hydroxylation sites is 1. The minimum atomic E-state index is 0.288. The Morgan fingerprint density at radius 3 is 2.45 bits per heavy atom. The van der Waals surface area contributed by atoms with Crippen molar-refractivity contribution < 1.29 is 4.74 Å². The van der Waals surface area contributed by atoms with E-state index in [1.807, 2.05) is 36.4 Å². The Kier molecular flexibility index (Phi) is 4.12. The van der Waals surface area contributed by atoms with Crippen LogP contribution in [0.25, 0.3) is 0 Å². The van der Waals surface area contributed by atoms with Crippen molar-refractivity contribution in [1.82, 2.24) is 0 Å². The van der Waals surface area contributed by atoms with Crippen LogP contribution in [0.15, 0.2) is 48.5 Å². The first-order valence-corrected chi connectivity index (χ1v) is 7.33. The summed E-state index contributed by atoms with van der Waals surface area (Å²) < 4.78 is 6.00. The number of benzene rings is 2. The lowest BCUT2D eigenvalue weighted by atomic mass is 10.1. The van der Waals surface area contributed by atoms with Crippen LogP contribution in [0.2, 0.25) is 5.02 Å². The molecule has 0 spiro atoms. The van der Waals surface area contributed by atoms with E-state index in [1.165, 1.54) is 5.69 Å². The van der Waals surface area contributed by atoms with Gasteiger partial charge in [0.1, 0.15) is 11.9 Å². The summed E-state index contributed by atoms with van der Waals surface area (Å²) in [6.45, 7) is 2.03. The molecule has 2 nitrogen and oxygen atoms in total. The topological polar surface area (TPSA) is 12.5 Å². The number of halogens is 1. The van der Waals surface area contributed by atoms with Gasteiger partial charge in [0.2, 0.25) is 0 Å². The van der Waals surface area contributed by atoms with Gasteiger partial charge in [-0.25, -0.2) is 0 Å². The number of rotatable bonds is 3. The van der Waals surface area contributed by atoms with Gasteiger partial charge in [0.05, 0.1) is 0 Å². The van der Waals surface area contributed by atoms with Gasteiger partial charge in [0, 0.05) is 42.7 Å². The maximum Gasteiger partial charge on any atom is 0.119 e. The third kappa shape index (κ3) is 3.26. The Balaban J connectivity index is 1.55. The van der Waals surface area contributed by atoms with Crippen LogP contribution in [0.5, 0.6) is 5.75 Å². The standard InChI is InChI=1S/C17H17ClNO/c18-14-6-8-16(9-7-14)20-17-10-12-19(13-11-17)15-4-2-1-3-5-15/h1-4,6-9,17H,10-13H2. The summed E-state index contributed by atoms with van der Waals surface area (Å²) in [4.78, 5) is 2.36. The molecule has 0 bridgehead atoms. The zero-order valence-electron chi connectivity index (χ0n) is 11.3. The predicted octanol–water partition coefficient (Wildman–Crippen LogP) is 4.19. The Bertz CT molecular complexity index is 533. The predicted molar refractivity (Wildman–Crippen MR) is 82.6 cm³/mol. The first kappa shape index (κ1) is 13.3. The molecule has 2 aromatic carbocycles. The molecule has 1 fully saturated rings. The van der Waals surface area contributed by atoms with Crippen LogP contribution >= 0.6 is 11.6 Å². The number of anilines is 1. The lowest BCUT2D eigenvalue weighted by molar-refractivity contribution is 0.171. The van der Waals surface area contributed by atoms with Crippen molar-refractivity contribution in [2.24, 2.45) is 0 Å². The summed E-state index contributed by atoms with van der Waals surface area (Å²) in [6.07, 6.45) is 2.35. The Morgan fingerprint density at radius 2 is 1.80 bits per heavy atom. The largest absolute Gasteiger partial charge is 0.490 e. The first-order chi connectivity index (χ1) is 9.81. The van der Waals surface area contributed by atoms with E-state index in [1.54, 1.807) is 0 Å². The quantitative estimate of drug-likeness (QED) is 0.839. The number of hydrogen-bond donors (Lipinski definition) is 0. The number of nitrogens with zero attached hydrogens (tertiary/aromatic N) is 1. The summed E-state index contributed by atoms with van der Waals surface area (Å²) in [5, 5.41) is 0.742. The molecule has 0 amide bonds. The molecule has 1 heterocycles. The monoisotopic (exact) mass is 286 g/mol. The third-order valence-corrected chi connectivity index (χ3v) is 3.84. The molecule has 0 aromatic heterocycles. The van der Waals surface area contributed by atoms with Gasteiger partial charge in [-0.05, 0) is 30.3 Å². The summed E-state index contributed by atoms with van der Waals surface area (Å²) >= 11 is 5.88. The molecule has 0 N–H and O–H groups in total. The zero-order valence-corrected chi connectivity index (χ0v) is 12.0. The van der Waals surface area contributed by atoms with Crippen LogP contribution in [0, 0.1) is 6.07 Å². The zero-order chi connectivity index (χ0) is 13.8. The second-order valence-electron chi connectivity index (χ2n) is 5.01. The fourth-order valence-corrected chi connectivity index (χ4v) is 2.63. The minimum Gasteiger partial charge on any atom is -0.490 e. The van der Waals surface area contributed by atoms with Crippen LogP contribution in [0.3, 0.4) is 0 Å². The van der Waals surface area contributed by atoms with Crippen molar-refractivity contribution in [3.05, 3.63) is 59.6 Å². The van der Waals surface area contributed by atoms with E-state index < -0.39 is 0 Å². The molecule has 3 rings (SSSR count). The molecule has 0 saturated carbocycles. The molecule has 1 aliphatic rings. The van der Waals surface area contributed by atoms with Gasteiger partial charge in [-0.1, -0.05) is 29.8 Å². The van der Waals surface area contributed by atoms with Crippen LogP contribution in [0.1, 0.15) is 12.8 Å². The molecule has 20 heavy (non-hydrogen) atoms. The van der Waals surface area contributed by atoms with E-state index in [-0.39, 0.29) is 6.10 Å². The van der Waals surface area contributed by atoms with E-state index in [0.717, 1.165) is 36.7 Å². The number of hydrogen-bond acceptors (Lipinski definition) is 2. The second-order valence-corrected chi connectivity index (χ2v) is 5.44. The lowest BCUT2D eigenvalue weighted by Gasteiger charge is -2.33. The van der Waals surface area contributed by atoms with Crippen LogP contribution in [0.4, 0.5) is 5.69 Å². The van der Waals surface area contributed by atoms with Crippen molar-refractivity contribution in [2.75, 3.05) is 18.0 Å². The lowest BCUT2D eigenvalue weighted by Crippen LogP contribution is -2.38. The van der Waals surface area contributed by atoms with Gasteiger partial charge in [0.25, 0.3) is 0 Å². The molecular weight excluding hydrogens is 270 g/mol. The average Bonchev–Trinajstić information content (AvgIpc) is 2.51.